The van der Waals surface area contributed by atoms with Crippen molar-refractivity contribution in [3.05, 3.63) is 0 Å². The van der Waals surface area contributed by atoms with Crippen LogP contribution in [-0.4, -0.2) is 18.8 Å². The summed E-state index contributed by atoms with van der Waals surface area (Å²) in [5.41, 5.74) is -1.77. The van der Waals surface area contributed by atoms with E-state index in [1.165, 1.54) is 7.05 Å². The van der Waals surface area contributed by atoms with Gasteiger partial charge in [-0.05, 0) is 20.9 Å². The molecule has 0 aromatic carbocycles. The van der Waals surface area contributed by atoms with E-state index in [4.69, 9.17) is 0 Å². The van der Waals surface area contributed by atoms with E-state index in [1.54, 1.807) is 0 Å². The Labute approximate surface area is 52.2 Å². The van der Waals surface area contributed by atoms with Crippen molar-refractivity contribution in [2.45, 2.75) is 25.6 Å². The molecule has 0 heterocycles. The van der Waals surface area contributed by atoms with Gasteiger partial charge in [0.1, 0.15) is 5.54 Å². The van der Waals surface area contributed by atoms with E-state index in [0.717, 1.165) is 13.8 Å². The summed E-state index contributed by atoms with van der Waals surface area (Å²) in [6.45, 7) is 2.18. The van der Waals surface area contributed by atoms with Gasteiger partial charge in [0.05, 0.1) is 0 Å². The van der Waals surface area contributed by atoms with Crippen LogP contribution < -0.4 is 5.32 Å². The Morgan fingerprint density at radius 3 is 1.44 bits per heavy atom. The van der Waals surface area contributed by atoms with Crippen LogP contribution in [0.4, 0.5) is 13.2 Å². The topological polar surface area (TPSA) is 12.0 Å². The zero-order valence-electron chi connectivity index (χ0n) is 5.63. The fourth-order valence-corrected chi connectivity index (χ4v) is 0.142. The minimum absolute atomic E-state index is 1.09. The summed E-state index contributed by atoms with van der Waals surface area (Å²) in [6, 6.07) is 0. The third-order valence-electron chi connectivity index (χ3n) is 1.33. The minimum Gasteiger partial charge on any atom is -0.307 e. The lowest BCUT2D eigenvalue weighted by Crippen LogP contribution is -2.49. The Morgan fingerprint density at radius 2 is 1.44 bits per heavy atom. The van der Waals surface area contributed by atoms with Crippen molar-refractivity contribution in [1.82, 2.24) is 5.32 Å². The molecule has 0 aliphatic rings. The van der Waals surface area contributed by atoms with Gasteiger partial charge in [-0.25, -0.2) is 0 Å². The van der Waals surface area contributed by atoms with Crippen LogP contribution in [0, 0.1) is 0 Å². The molecule has 0 aliphatic heterocycles. The van der Waals surface area contributed by atoms with Crippen LogP contribution >= 0.6 is 0 Å². The van der Waals surface area contributed by atoms with Crippen LogP contribution in [0.3, 0.4) is 0 Å². The molecule has 0 saturated heterocycles. The second-order valence-corrected chi connectivity index (χ2v) is 2.37. The number of nitrogens with one attached hydrogen (secondary N) is 1. The van der Waals surface area contributed by atoms with Crippen molar-refractivity contribution in [2.24, 2.45) is 0 Å². The molecule has 0 amide bonds. The Morgan fingerprint density at radius 1 is 1.11 bits per heavy atom. The lowest BCUT2D eigenvalue weighted by molar-refractivity contribution is -0.184. The quantitative estimate of drug-likeness (QED) is 0.584. The smallest absolute Gasteiger partial charge is 0.307 e. The average molecular weight is 141 g/mol. The fourth-order valence-electron chi connectivity index (χ4n) is 0.142. The molecule has 0 atom stereocenters. The summed E-state index contributed by atoms with van der Waals surface area (Å²) in [7, 11) is 1.29. The Bertz CT molecular complexity index is 94.9. The van der Waals surface area contributed by atoms with Gasteiger partial charge in [-0.15, -0.1) is 0 Å². The SMILES string of the molecule is CNC(C)(C)C(F)(F)F. The number of halogens is 3. The van der Waals surface area contributed by atoms with E-state index in [9.17, 15) is 13.2 Å². The van der Waals surface area contributed by atoms with Crippen LogP contribution in [0.1, 0.15) is 13.8 Å². The summed E-state index contributed by atoms with van der Waals surface area (Å²) in [4.78, 5) is 0. The highest BCUT2D eigenvalue weighted by Crippen LogP contribution is 2.28. The first-order chi connectivity index (χ1) is 3.81. The van der Waals surface area contributed by atoms with Crippen LogP contribution in [0.2, 0.25) is 0 Å². The predicted molar refractivity (Wildman–Crippen MR) is 29.2 cm³/mol. The van der Waals surface area contributed by atoms with E-state index in [2.05, 4.69) is 5.32 Å². The zero-order chi connectivity index (χ0) is 7.71. The standard InChI is InChI=1S/C5H10F3N/c1-4(2,9-3)5(6,7)8/h9H,1-3H3. The zero-order valence-corrected chi connectivity index (χ0v) is 5.63. The molecule has 1 nitrogen and oxygen atoms in total. The van der Waals surface area contributed by atoms with Gasteiger partial charge >= 0.3 is 6.18 Å². The highest BCUT2D eigenvalue weighted by Gasteiger charge is 2.45. The average Bonchev–Trinajstić information content (AvgIpc) is 1.64. The lowest BCUT2D eigenvalue weighted by Gasteiger charge is -2.26. The molecule has 56 valence electrons. The molecular formula is C5H10F3N. The normalized spacial score (nSPS) is 14.0. The molecular weight excluding hydrogens is 131 g/mol. The van der Waals surface area contributed by atoms with Crippen LogP contribution in [-0.2, 0) is 0 Å². The third kappa shape index (κ3) is 1.86. The van der Waals surface area contributed by atoms with Gasteiger partial charge in [-0.1, -0.05) is 0 Å². The van der Waals surface area contributed by atoms with Gasteiger partial charge in [-0.2, -0.15) is 13.2 Å². The van der Waals surface area contributed by atoms with Crippen molar-refractivity contribution >= 4 is 0 Å². The molecule has 0 aromatic heterocycles. The molecule has 0 unspecified atom stereocenters. The van der Waals surface area contributed by atoms with E-state index < -0.39 is 11.7 Å². The second kappa shape index (κ2) is 2.17. The Balaban J connectivity index is 4.14. The predicted octanol–water partition coefficient (Wildman–Crippen LogP) is 1.55. The van der Waals surface area contributed by atoms with Gasteiger partial charge in [-0.3, -0.25) is 0 Å². The molecule has 0 aliphatic carbocycles. The minimum atomic E-state index is -4.16. The molecule has 0 saturated carbocycles. The van der Waals surface area contributed by atoms with Crippen molar-refractivity contribution in [2.75, 3.05) is 7.05 Å². The number of hydrogen-bond acceptors (Lipinski definition) is 1. The van der Waals surface area contributed by atoms with E-state index in [0.29, 0.717) is 0 Å². The van der Waals surface area contributed by atoms with Gasteiger partial charge in [0.15, 0.2) is 0 Å². The molecule has 0 radical (unpaired) electrons. The molecule has 0 fully saturated rings. The molecule has 1 N–H and O–H groups in total. The Kier molecular flexibility index (Phi) is 2.11. The molecule has 0 bridgehead atoms. The highest BCUT2D eigenvalue weighted by atomic mass is 19.4. The van der Waals surface area contributed by atoms with Gasteiger partial charge < -0.3 is 5.32 Å². The van der Waals surface area contributed by atoms with Crippen LogP contribution in [0.25, 0.3) is 0 Å². The lowest BCUT2D eigenvalue weighted by atomic mass is 10.1. The largest absolute Gasteiger partial charge is 0.406 e. The first-order valence-corrected chi connectivity index (χ1v) is 2.57. The van der Waals surface area contributed by atoms with Gasteiger partial charge in [0, 0.05) is 0 Å². The van der Waals surface area contributed by atoms with Gasteiger partial charge in [0.25, 0.3) is 0 Å². The maximum absolute atomic E-state index is 11.8. The van der Waals surface area contributed by atoms with Crippen molar-refractivity contribution in [1.29, 1.82) is 0 Å². The monoisotopic (exact) mass is 141 g/mol. The van der Waals surface area contributed by atoms with Crippen molar-refractivity contribution < 1.29 is 13.2 Å². The van der Waals surface area contributed by atoms with Crippen LogP contribution in [0.15, 0.2) is 0 Å². The first kappa shape index (κ1) is 8.75. The molecule has 9 heavy (non-hydrogen) atoms. The fraction of sp³-hybridized carbons (Fsp3) is 1.00. The maximum atomic E-state index is 11.8. The summed E-state index contributed by atoms with van der Waals surface area (Å²) >= 11 is 0. The van der Waals surface area contributed by atoms with Crippen LogP contribution in [0.5, 0.6) is 0 Å². The third-order valence-corrected chi connectivity index (χ3v) is 1.33. The van der Waals surface area contributed by atoms with E-state index >= 15 is 0 Å². The number of hydrogen-bond donors (Lipinski definition) is 1. The summed E-state index contributed by atoms with van der Waals surface area (Å²) < 4.78 is 35.3. The summed E-state index contributed by atoms with van der Waals surface area (Å²) in [5, 5.41) is 2.16. The molecule has 4 heteroatoms. The summed E-state index contributed by atoms with van der Waals surface area (Å²) in [5.74, 6) is 0. The Hall–Kier alpha value is -0.250. The first-order valence-electron chi connectivity index (χ1n) is 2.57. The van der Waals surface area contributed by atoms with Gasteiger partial charge in [0.2, 0.25) is 0 Å². The molecule has 0 spiro atoms. The van der Waals surface area contributed by atoms with E-state index in [1.807, 2.05) is 0 Å². The maximum Gasteiger partial charge on any atom is 0.406 e. The molecule has 0 aromatic rings. The van der Waals surface area contributed by atoms with Crippen molar-refractivity contribution in [3.8, 4) is 0 Å². The highest BCUT2D eigenvalue weighted by molar-refractivity contribution is 4.83. The number of rotatable bonds is 1. The van der Waals surface area contributed by atoms with E-state index in [-0.39, 0.29) is 0 Å². The van der Waals surface area contributed by atoms with Crippen molar-refractivity contribution in [3.63, 3.8) is 0 Å². The molecule has 0 rings (SSSR count). The summed E-state index contributed by atoms with van der Waals surface area (Å²) in [6.07, 6.45) is -4.16. The number of alkyl halides is 3. The second-order valence-electron chi connectivity index (χ2n) is 2.37.